The van der Waals surface area contributed by atoms with E-state index in [4.69, 9.17) is 9.84 Å². The number of aryl methyl sites for hydroxylation is 1. The van der Waals surface area contributed by atoms with Crippen LogP contribution in [-0.2, 0) is 6.42 Å². The van der Waals surface area contributed by atoms with Crippen molar-refractivity contribution < 1.29 is 9.84 Å². The van der Waals surface area contributed by atoms with E-state index in [0.29, 0.717) is 0 Å². The Morgan fingerprint density at radius 1 is 1.25 bits per heavy atom. The van der Waals surface area contributed by atoms with Gasteiger partial charge in [-0.1, -0.05) is 6.42 Å². The molecule has 0 unspecified atom stereocenters. The third kappa shape index (κ3) is 3.90. The van der Waals surface area contributed by atoms with Crippen molar-refractivity contribution >= 4 is 11.0 Å². The van der Waals surface area contributed by atoms with Gasteiger partial charge in [0.15, 0.2) is 5.65 Å². The second kappa shape index (κ2) is 7.20. The maximum atomic E-state index is 8.80. The van der Waals surface area contributed by atoms with Gasteiger partial charge in [-0.2, -0.15) is 0 Å². The molecule has 2 rings (SSSR count). The van der Waals surface area contributed by atoms with Crippen LogP contribution in [0.25, 0.3) is 11.0 Å². The number of ether oxygens (including phenoxy) is 1. The number of fused-ring (bicyclic) bond motifs is 1. The summed E-state index contributed by atoms with van der Waals surface area (Å²) in [5, 5.41) is 9.76. The average molecular weight is 274 g/mol. The van der Waals surface area contributed by atoms with Crippen molar-refractivity contribution in [2.24, 2.45) is 0 Å². The molecule has 0 aromatic carbocycles. The first kappa shape index (κ1) is 14.7. The SMILES string of the molecule is CC(C)Oc1cc(CCCCCO)nc2ncccc12. The molecule has 0 atom stereocenters. The molecule has 2 heterocycles. The molecular weight excluding hydrogens is 252 g/mol. The van der Waals surface area contributed by atoms with E-state index in [-0.39, 0.29) is 12.7 Å². The Hall–Kier alpha value is -1.68. The van der Waals surface area contributed by atoms with Crippen LogP contribution >= 0.6 is 0 Å². The molecule has 2 aromatic heterocycles. The Labute approximate surface area is 119 Å². The molecule has 108 valence electrons. The van der Waals surface area contributed by atoms with Crippen molar-refractivity contribution in [2.75, 3.05) is 6.61 Å². The van der Waals surface area contributed by atoms with Crippen LogP contribution in [0, 0.1) is 0 Å². The number of hydrogen-bond donors (Lipinski definition) is 1. The molecule has 0 fully saturated rings. The molecule has 0 aliphatic rings. The quantitative estimate of drug-likeness (QED) is 0.788. The van der Waals surface area contributed by atoms with Crippen LogP contribution in [0.15, 0.2) is 24.4 Å². The fourth-order valence-corrected chi connectivity index (χ4v) is 2.15. The van der Waals surface area contributed by atoms with E-state index in [1.165, 1.54) is 0 Å². The monoisotopic (exact) mass is 274 g/mol. The number of rotatable bonds is 7. The van der Waals surface area contributed by atoms with Crippen molar-refractivity contribution in [1.29, 1.82) is 0 Å². The van der Waals surface area contributed by atoms with Crippen LogP contribution in [-0.4, -0.2) is 27.8 Å². The average Bonchev–Trinajstić information content (AvgIpc) is 2.43. The van der Waals surface area contributed by atoms with Gasteiger partial charge >= 0.3 is 0 Å². The smallest absolute Gasteiger partial charge is 0.163 e. The van der Waals surface area contributed by atoms with E-state index in [2.05, 4.69) is 9.97 Å². The molecule has 0 saturated heterocycles. The van der Waals surface area contributed by atoms with Crippen molar-refractivity contribution in [3.05, 3.63) is 30.1 Å². The van der Waals surface area contributed by atoms with E-state index in [1.54, 1.807) is 6.20 Å². The van der Waals surface area contributed by atoms with Gasteiger partial charge < -0.3 is 9.84 Å². The third-order valence-electron chi connectivity index (χ3n) is 3.05. The summed E-state index contributed by atoms with van der Waals surface area (Å²) in [5.41, 5.74) is 1.74. The van der Waals surface area contributed by atoms with Crippen LogP contribution < -0.4 is 4.74 Å². The molecule has 2 aromatic rings. The first-order valence-electron chi connectivity index (χ1n) is 7.23. The molecule has 4 nitrogen and oxygen atoms in total. The molecular formula is C16H22N2O2. The highest BCUT2D eigenvalue weighted by atomic mass is 16.5. The van der Waals surface area contributed by atoms with E-state index in [0.717, 1.165) is 48.2 Å². The minimum Gasteiger partial charge on any atom is -0.490 e. The predicted molar refractivity (Wildman–Crippen MR) is 79.9 cm³/mol. The lowest BCUT2D eigenvalue weighted by atomic mass is 10.1. The molecule has 0 spiro atoms. The number of aliphatic hydroxyl groups excluding tert-OH is 1. The zero-order valence-electron chi connectivity index (χ0n) is 12.2. The summed E-state index contributed by atoms with van der Waals surface area (Å²) in [6.45, 7) is 4.29. The molecule has 1 N–H and O–H groups in total. The van der Waals surface area contributed by atoms with Gasteiger partial charge in [-0.3, -0.25) is 0 Å². The highest BCUT2D eigenvalue weighted by molar-refractivity contribution is 5.81. The van der Waals surface area contributed by atoms with Gasteiger partial charge in [0.1, 0.15) is 5.75 Å². The Kier molecular flexibility index (Phi) is 5.30. The summed E-state index contributed by atoms with van der Waals surface area (Å²) in [6.07, 6.45) is 5.65. The Morgan fingerprint density at radius 3 is 2.85 bits per heavy atom. The lowest BCUT2D eigenvalue weighted by Crippen LogP contribution is -2.07. The van der Waals surface area contributed by atoms with Gasteiger partial charge in [0.2, 0.25) is 0 Å². The first-order chi connectivity index (χ1) is 9.70. The van der Waals surface area contributed by atoms with Gasteiger partial charge in [-0.25, -0.2) is 9.97 Å². The highest BCUT2D eigenvalue weighted by Crippen LogP contribution is 2.25. The maximum absolute atomic E-state index is 8.80. The lowest BCUT2D eigenvalue weighted by Gasteiger charge is -2.13. The van der Waals surface area contributed by atoms with Gasteiger partial charge in [-0.15, -0.1) is 0 Å². The van der Waals surface area contributed by atoms with Crippen LogP contribution in [0.5, 0.6) is 5.75 Å². The van der Waals surface area contributed by atoms with Crippen LogP contribution in [0.2, 0.25) is 0 Å². The highest BCUT2D eigenvalue weighted by Gasteiger charge is 2.09. The van der Waals surface area contributed by atoms with E-state index in [1.807, 2.05) is 32.0 Å². The van der Waals surface area contributed by atoms with Gasteiger partial charge in [-0.05, 0) is 45.2 Å². The number of pyridine rings is 2. The molecule has 0 bridgehead atoms. The number of aromatic nitrogens is 2. The van der Waals surface area contributed by atoms with Crippen molar-refractivity contribution in [3.8, 4) is 5.75 Å². The number of unbranched alkanes of at least 4 members (excludes halogenated alkanes) is 2. The standard InChI is InChI=1S/C16H22N2O2/c1-12(2)20-15-11-13(7-4-3-5-10-19)18-16-14(15)8-6-9-17-16/h6,8-9,11-12,19H,3-5,7,10H2,1-2H3. The zero-order valence-corrected chi connectivity index (χ0v) is 12.2. The van der Waals surface area contributed by atoms with Crippen LogP contribution in [0.1, 0.15) is 38.8 Å². The maximum Gasteiger partial charge on any atom is 0.163 e. The molecule has 20 heavy (non-hydrogen) atoms. The van der Waals surface area contributed by atoms with Crippen molar-refractivity contribution in [3.63, 3.8) is 0 Å². The van der Waals surface area contributed by atoms with Gasteiger partial charge in [0.25, 0.3) is 0 Å². The Morgan fingerprint density at radius 2 is 2.10 bits per heavy atom. The first-order valence-corrected chi connectivity index (χ1v) is 7.23. The van der Waals surface area contributed by atoms with Crippen LogP contribution in [0.3, 0.4) is 0 Å². The predicted octanol–water partition coefficient (Wildman–Crippen LogP) is 3.12. The molecule has 0 aliphatic carbocycles. The topological polar surface area (TPSA) is 55.2 Å². The Balaban J connectivity index is 2.22. The zero-order chi connectivity index (χ0) is 14.4. The molecule has 0 amide bonds. The molecule has 0 saturated carbocycles. The second-order valence-electron chi connectivity index (χ2n) is 5.19. The normalized spacial score (nSPS) is 11.2. The summed E-state index contributed by atoms with van der Waals surface area (Å²) in [6, 6.07) is 5.91. The van der Waals surface area contributed by atoms with E-state index >= 15 is 0 Å². The summed E-state index contributed by atoms with van der Waals surface area (Å²) in [7, 11) is 0. The number of hydrogen-bond acceptors (Lipinski definition) is 4. The minimum absolute atomic E-state index is 0.128. The van der Waals surface area contributed by atoms with Crippen LogP contribution in [0.4, 0.5) is 0 Å². The second-order valence-corrected chi connectivity index (χ2v) is 5.19. The number of aliphatic hydroxyl groups is 1. The van der Waals surface area contributed by atoms with Crippen molar-refractivity contribution in [2.45, 2.75) is 45.6 Å². The minimum atomic E-state index is 0.128. The summed E-state index contributed by atoms with van der Waals surface area (Å²) in [4.78, 5) is 8.91. The number of nitrogens with zero attached hydrogens (tertiary/aromatic N) is 2. The summed E-state index contributed by atoms with van der Waals surface area (Å²) in [5.74, 6) is 0.857. The van der Waals surface area contributed by atoms with Gasteiger partial charge in [0.05, 0.1) is 11.5 Å². The van der Waals surface area contributed by atoms with Gasteiger partial charge in [0, 0.05) is 24.6 Å². The van der Waals surface area contributed by atoms with E-state index in [9.17, 15) is 0 Å². The molecule has 0 aliphatic heterocycles. The fourth-order valence-electron chi connectivity index (χ4n) is 2.15. The van der Waals surface area contributed by atoms with Crippen molar-refractivity contribution in [1.82, 2.24) is 9.97 Å². The fraction of sp³-hybridized carbons (Fsp3) is 0.500. The summed E-state index contributed by atoms with van der Waals surface area (Å²) >= 11 is 0. The summed E-state index contributed by atoms with van der Waals surface area (Å²) < 4.78 is 5.88. The molecule has 0 radical (unpaired) electrons. The largest absolute Gasteiger partial charge is 0.490 e. The lowest BCUT2D eigenvalue weighted by molar-refractivity contribution is 0.245. The third-order valence-corrected chi connectivity index (χ3v) is 3.05. The Bertz CT molecular complexity index is 555. The molecule has 4 heteroatoms. The van der Waals surface area contributed by atoms with E-state index < -0.39 is 0 Å².